The number of halogens is 1. The van der Waals surface area contributed by atoms with E-state index in [-0.39, 0.29) is 11.9 Å². The molecule has 98 valence electrons. The summed E-state index contributed by atoms with van der Waals surface area (Å²) in [5, 5.41) is 0.719. The minimum Gasteiger partial charge on any atom is -0.469 e. The second-order valence-corrected chi connectivity index (χ2v) is 4.75. The molecule has 2 nitrogen and oxygen atoms in total. The molecular formula is C16H15ClO2. The highest BCUT2D eigenvalue weighted by Gasteiger charge is 2.15. The van der Waals surface area contributed by atoms with Gasteiger partial charge in [-0.1, -0.05) is 54.1 Å². The largest absolute Gasteiger partial charge is 0.469 e. The summed E-state index contributed by atoms with van der Waals surface area (Å²) in [6.07, 6.45) is 0. The number of methoxy groups -OCH3 is 1. The summed E-state index contributed by atoms with van der Waals surface area (Å²) in [5.74, 6) is -0.490. The Hall–Kier alpha value is -1.80. The van der Waals surface area contributed by atoms with Gasteiger partial charge in [0.2, 0.25) is 0 Å². The number of hydrogen-bond donors (Lipinski definition) is 0. The van der Waals surface area contributed by atoms with Gasteiger partial charge >= 0.3 is 5.97 Å². The smallest absolute Gasteiger partial charge is 0.312 e. The maximum Gasteiger partial charge on any atom is 0.312 e. The Balaban J connectivity index is 2.29. The molecule has 0 bridgehead atoms. The van der Waals surface area contributed by atoms with Crippen LogP contribution in [0.3, 0.4) is 0 Å². The number of esters is 1. The third-order valence-electron chi connectivity index (χ3n) is 3.15. The van der Waals surface area contributed by atoms with Gasteiger partial charge in [0, 0.05) is 10.6 Å². The Morgan fingerprint density at radius 3 is 2.32 bits per heavy atom. The van der Waals surface area contributed by atoms with Crippen LogP contribution in [0.2, 0.25) is 5.02 Å². The van der Waals surface area contributed by atoms with E-state index >= 15 is 0 Å². The molecule has 19 heavy (non-hydrogen) atoms. The Morgan fingerprint density at radius 2 is 1.74 bits per heavy atom. The Labute approximate surface area is 118 Å². The van der Waals surface area contributed by atoms with Crippen molar-refractivity contribution >= 4 is 17.6 Å². The highest BCUT2D eigenvalue weighted by molar-refractivity contribution is 6.33. The summed E-state index contributed by atoms with van der Waals surface area (Å²) in [4.78, 5) is 11.5. The Bertz CT molecular complexity index is 576. The summed E-state index contributed by atoms with van der Waals surface area (Å²) in [5.41, 5.74) is 2.95. The zero-order valence-corrected chi connectivity index (χ0v) is 11.6. The summed E-state index contributed by atoms with van der Waals surface area (Å²) >= 11 is 6.16. The van der Waals surface area contributed by atoms with Gasteiger partial charge in [-0.25, -0.2) is 0 Å². The number of rotatable bonds is 3. The van der Waals surface area contributed by atoms with Gasteiger partial charge < -0.3 is 4.74 Å². The normalized spacial score (nSPS) is 11.9. The van der Waals surface area contributed by atoms with E-state index in [1.165, 1.54) is 7.11 Å². The Morgan fingerprint density at radius 1 is 1.11 bits per heavy atom. The molecule has 0 N–H and O–H groups in total. The van der Waals surface area contributed by atoms with Crippen molar-refractivity contribution in [2.45, 2.75) is 12.8 Å². The van der Waals surface area contributed by atoms with E-state index in [0.29, 0.717) is 0 Å². The van der Waals surface area contributed by atoms with Crippen molar-refractivity contribution in [1.82, 2.24) is 0 Å². The minimum atomic E-state index is -0.259. The molecule has 0 saturated carbocycles. The van der Waals surface area contributed by atoms with Crippen molar-refractivity contribution in [3.05, 3.63) is 59.1 Å². The van der Waals surface area contributed by atoms with E-state index < -0.39 is 0 Å². The van der Waals surface area contributed by atoms with E-state index in [1.54, 1.807) is 0 Å². The van der Waals surface area contributed by atoms with Crippen molar-refractivity contribution in [3.8, 4) is 11.1 Å². The molecule has 1 unspecified atom stereocenters. The van der Waals surface area contributed by atoms with Gasteiger partial charge in [-0.15, -0.1) is 0 Å². The fourth-order valence-corrected chi connectivity index (χ4v) is 2.20. The SMILES string of the molecule is COC(=O)C(C)c1ccc(-c2ccccc2Cl)cc1. The molecule has 0 heterocycles. The van der Waals surface area contributed by atoms with Crippen molar-refractivity contribution in [1.29, 1.82) is 0 Å². The lowest BCUT2D eigenvalue weighted by Crippen LogP contribution is -2.10. The van der Waals surface area contributed by atoms with Crippen LogP contribution in [-0.2, 0) is 9.53 Å². The topological polar surface area (TPSA) is 26.3 Å². The van der Waals surface area contributed by atoms with Crippen molar-refractivity contribution in [2.75, 3.05) is 7.11 Å². The van der Waals surface area contributed by atoms with E-state index in [1.807, 2.05) is 55.5 Å². The molecule has 2 rings (SSSR count). The molecule has 0 aromatic heterocycles. The molecule has 3 heteroatoms. The first-order valence-electron chi connectivity index (χ1n) is 6.06. The minimum absolute atomic E-state index is 0.231. The standard InChI is InChI=1S/C16H15ClO2/c1-11(16(18)19-2)12-7-9-13(10-8-12)14-5-3-4-6-15(14)17/h3-11H,1-2H3. The molecule has 0 saturated heterocycles. The van der Waals surface area contributed by atoms with Crippen LogP contribution in [0.1, 0.15) is 18.4 Å². The first kappa shape index (κ1) is 13.6. The number of carbonyl (C=O) groups is 1. The van der Waals surface area contributed by atoms with Gasteiger partial charge in [0.05, 0.1) is 13.0 Å². The molecule has 0 spiro atoms. The molecule has 0 aliphatic rings. The zero-order chi connectivity index (χ0) is 13.8. The van der Waals surface area contributed by atoms with E-state index in [0.717, 1.165) is 21.7 Å². The maximum atomic E-state index is 11.5. The van der Waals surface area contributed by atoms with E-state index in [9.17, 15) is 4.79 Å². The van der Waals surface area contributed by atoms with Crippen LogP contribution >= 0.6 is 11.6 Å². The summed E-state index contributed by atoms with van der Waals surface area (Å²) < 4.78 is 4.74. The molecule has 0 aliphatic heterocycles. The number of carbonyl (C=O) groups excluding carboxylic acids is 1. The van der Waals surface area contributed by atoms with Gasteiger partial charge in [-0.05, 0) is 24.1 Å². The van der Waals surface area contributed by atoms with E-state index in [4.69, 9.17) is 16.3 Å². The average Bonchev–Trinajstić information content (AvgIpc) is 2.46. The molecular weight excluding hydrogens is 260 g/mol. The molecule has 2 aromatic rings. The van der Waals surface area contributed by atoms with Crippen LogP contribution in [0.25, 0.3) is 11.1 Å². The third kappa shape index (κ3) is 2.96. The van der Waals surface area contributed by atoms with Crippen LogP contribution in [0, 0.1) is 0 Å². The van der Waals surface area contributed by atoms with Crippen LogP contribution in [-0.4, -0.2) is 13.1 Å². The molecule has 0 amide bonds. The molecule has 1 atom stereocenters. The van der Waals surface area contributed by atoms with Crippen LogP contribution in [0.4, 0.5) is 0 Å². The Kier molecular flexibility index (Phi) is 4.23. The molecule has 0 aliphatic carbocycles. The first-order chi connectivity index (χ1) is 9.13. The maximum absolute atomic E-state index is 11.5. The quantitative estimate of drug-likeness (QED) is 0.781. The van der Waals surface area contributed by atoms with Crippen molar-refractivity contribution < 1.29 is 9.53 Å². The van der Waals surface area contributed by atoms with Crippen LogP contribution < -0.4 is 0 Å². The second kappa shape index (κ2) is 5.89. The fourth-order valence-electron chi connectivity index (χ4n) is 1.96. The lowest BCUT2D eigenvalue weighted by Gasteiger charge is -2.10. The predicted molar refractivity (Wildman–Crippen MR) is 77.3 cm³/mol. The van der Waals surface area contributed by atoms with Crippen LogP contribution in [0.15, 0.2) is 48.5 Å². The van der Waals surface area contributed by atoms with Gasteiger partial charge in [0.1, 0.15) is 0 Å². The van der Waals surface area contributed by atoms with Gasteiger partial charge in [-0.3, -0.25) is 4.79 Å². The lowest BCUT2D eigenvalue weighted by atomic mass is 9.97. The predicted octanol–water partition coefficient (Wildman–Crippen LogP) is 4.28. The second-order valence-electron chi connectivity index (χ2n) is 4.35. The van der Waals surface area contributed by atoms with Gasteiger partial charge in [0.25, 0.3) is 0 Å². The fraction of sp³-hybridized carbons (Fsp3) is 0.188. The van der Waals surface area contributed by atoms with Crippen molar-refractivity contribution in [3.63, 3.8) is 0 Å². The van der Waals surface area contributed by atoms with E-state index in [2.05, 4.69) is 0 Å². The van der Waals surface area contributed by atoms with Gasteiger partial charge in [0.15, 0.2) is 0 Å². The molecule has 0 radical (unpaired) electrons. The number of hydrogen-bond acceptors (Lipinski definition) is 2. The summed E-state index contributed by atoms with van der Waals surface area (Å²) in [6.45, 7) is 1.83. The number of benzene rings is 2. The van der Waals surface area contributed by atoms with Gasteiger partial charge in [-0.2, -0.15) is 0 Å². The first-order valence-corrected chi connectivity index (χ1v) is 6.44. The lowest BCUT2D eigenvalue weighted by molar-refractivity contribution is -0.141. The summed E-state index contributed by atoms with van der Waals surface area (Å²) in [7, 11) is 1.40. The zero-order valence-electron chi connectivity index (χ0n) is 10.9. The van der Waals surface area contributed by atoms with Crippen LogP contribution in [0.5, 0.6) is 0 Å². The average molecular weight is 275 g/mol. The third-order valence-corrected chi connectivity index (χ3v) is 3.48. The van der Waals surface area contributed by atoms with Crippen molar-refractivity contribution in [2.24, 2.45) is 0 Å². The highest BCUT2D eigenvalue weighted by atomic mass is 35.5. The highest BCUT2D eigenvalue weighted by Crippen LogP contribution is 2.28. The monoisotopic (exact) mass is 274 g/mol. The summed E-state index contributed by atoms with van der Waals surface area (Å²) in [6, 6.07) is 15.5. The molecule has 0 fully saturated rings. The number of ether oxygens (including phenoxy) is 1. The molecule has 2 aromatic carbocycles.